The predicted molar refractivity (Wildman–Crippen MR) is 106 cm³/mol. The first-order valence-corrected chi connectivity index (χ1v) is 9.08. The maximum atomic E-state index is 12.7. The molecule has 27 heavy (non-hydrogen) atoms. The number of amides is 1. The van der Waals surface area contributed by atoms with E-state index in [0.717, 1.165) is 17.6 Å². The molecule has 5 nitrogen and oxygen atoms in total. The van der Waals surface area contributed by atoms with E-state index in [4.69, 9.17) is 16.9 Å². The number of pyridine rings is 1. The topological polar surface area (TPSA) is 61.4 Å². The average molecular weight is 379 g/mol. The largest absolute Gasteiger partial charge is 0.335 e. The third-order valence-corrected chi connectivity index (χ3v) is 4.45. The molecular formula is C21H19ClN4O. The quantitative estimate of drug-likeness (QED) is 0.600. The van der Waals surface area contributed by atoms with Crippen molar-refractivity contribution in [3.63, 3.8) is 0 Å². The molecule has 1 aromatic carbocycles. The van der Waals surface area contributed by atoms with Gasteiger partial charge in [-0.05, 0) is 42.3 Å². The van der Waals surface area contributed by atoms with E-state index in [0.29, 0.717) is 29.5 Å². The maximum Gasteiger partial charge on any atom is 0.246 e. The SMILES string of the molecule is CCCN(Cc1ccc(C#N)cc1)C(=O)/C=C/c1c(Cl)nc2ccccn12. The van der Waals surface area contributed by atoms with Crippen molar-refractivity contribution in [1.82, 2.24) is 14.3 Å². The molecule has 0 spiro atoms. The van der Waals surface area contributed by atoms with Gasteiger partial charge in [-0.25, -0.2) is 4.98 Å². The number of aromatic nitrogens is 2. The summed E-state index contributed by atoms with van der Waals surface area (Å²) in [7, 11) is 0. The van der Waals surface area contributed by atoms with Crippen LogP contribution in [0, 0.1) is 11.3 Å². The predicted octanol–water partition coefficient (Wildman–Crippen LogP) is 4.31. The number of halogens is 1. The van der Waals surface area contributed by atoms with E-state index in [-0.39, 0.29) is 5.91 Å². The Hall–Kier alpha value is -3.10. The highest BCUT2D eigenvalue weighted by molar-refractivity contribution is 6.31. The van der Waals surface area contributed by atoms with Gasteiger partial charge in [-0.3, -0.25) is 9.20 Å². The maximum absolute atomic E-state index is 12.7. The number of carbonyl (C=O) groups excluding carboxylic acids is 1. The number of hydrogen-bond acceptors (Lipinski definition) is 3. The number of benzene rings is 1. The number of nitrogens with zero attached hydrogens (tertiary/aromatic N) is 4. The smallest absolute Gasteiger partial charge is 0.246 e. The van der Waals surface area contributed by atoms with E-state index in [9.17, 15) is 4.79 Å². The van der Waals surface area contributed by atoms with Crippen molar-refractivity contribution in [3.8, 4) is 6.07 Å². The molecule has 2 heterocycles. The van der Waals surface area contributed by atoms with Crippen LogP contribution in [-0.2, 0) is 11.3 Å². The lowest BCUT2D eigenvalue weighted by molar-refractivity contribution is -0.126. The standard InChI is InChI=1S/C21H19ClN4O/c1-2-12-25(15-17-8-6-16(14-23)7-9-17)20(27)11-10-18-21(22)24-19-5-3-4-13-26(18)19/h3-11,13H,2,12,15H2,1H3/b11-10+. The van der Waals surface area contributed by atoms with E-state index < -0.39 is 0 Å². The third-order valence-electron chi connectivity index (χ3n) is 4.17. The first kappa shape index (κ1) is 18.7. The van der Waals surface area contributed by atoms with Crippen molar-refractivity contribution >= 4 is 29.2 Å². The van der Waals surface area contributed by atoms with Crippen molar-refractivity contribution in [3.05, 3.63) is 76.7 Å². The normalized spacial score (nSPS) is 11.0. The molecular weight excluding hydrogens is 360 g/mol. The molecule has 0 aliphatic carbocycles. The molecule has 0 N–H and O–H groups in total. The summed E-state index contributed by atoms with van der Waals surface area (Å²) in [6.45, 7) is 3.16. The average Bonchev–Trinajstić information content (AvgIpc) is 3.01. The zero-order valence-corrected chi connectivity index (χ0v) is 15.7. The summed E-state index contributed by atoms with van der Waals surface area (Å²) in [5.41, 5.74) is 3.00. The van der Waals surface area contributed by atoms with E-state index in [1.165, 1.54) is 6.08 Å². The Morgan fingerprint density at radius 3 is 2.78 bits per heavy atom. The van der Waals surface area contributed by atoms with Crippen LogP contribution in [0.15, 0.2) is 54.7 Å². The molecule has 6 heteroatoms. The molecule has 0 radical (unpaired) electrons. The van der Waals surface area contributed by atoms with Gasteiger partial charge in [-0.1, -0.05) is 36.7 Å². The fraction of sp³-hybridized carbons (Fsp3) is 0.190. The first-order chi connectivity index (χ1) is 13.1. The zero-order valence-electron chi connectivity index (χ0n) is 15.0. The number of rotatable bonds is 6. The lowest BCUT2D eigenvalue weighted by Gasteiger charge is -2.20. The van der Waals surface area contributed by atoms with Crippen molar-refractivity contribution in [2.75, 3.05) is 6.54 Å². The van der Waals surface area contributed by atoms with Gasteiger partial charge in [0, 0.05) is 25.4 Å². The summed E-state index contributed by atoms with van der Waals surface area (Å²) in [4.78, 5) is 18.8. The Bertz CT molecular complexity index is 1010. The van der Waals surface area contributed by atoms with E-state index in [1.54, 1.807) is 23.1 Å². The summed E-state index contributed by atoms with van der Waals surface area (Å²) < 4.78 is 1.84. The molecule has 0 saturated heterocycles. The highest BCUT2D eigenvalue weighted by atomic mass is 35.5. The van der Waals surface area contributed by atoms with Gasteiger partial charge in [0.1, 0.15) is 5.65 Å². The van der Waals surface area contributed by atoms with Gasteiger partial charge in [0.25, 0.3) is 0 Å². The van der Waals surface area contributed by atoms with Crippen LogP contribution in [0.5, 0.6) is 0 Å². The Labute approximate surface area is 163 Å². The fourth-order valence-electron chi connectivity index (χ4n) is 2.83. The number of fused-ring (bicyclic) bond motifs is 1. The Kier molecular flexibility index (Phi) is 5.90. The van der Waals surface area contributed by atoms with Gasteiger partial charge in [0.2, 0.25) is 5.91 Å². The summed E-state index contributed by atoms with van der Waals surface area (Å²) >= 11 is 6.22. The number of nitriles is 1. The van der Waals surface area contributed by atoms with Gasteiger partial charge < -0.3 is 4.90 Å². The summed E-state index contributed by atoms with van der Waals surface area (Å²) in [5, 5.41) is 9.26. The van der Waals surface area contributed by atoms with Gasteiger partial charge >= 0.3 is 0 Å². The van der Waals surface area contributed by atoms with E-state index >= 15 is 0 Å². The van der Waals surface area contributed by atoms with Crippen molar-refractivity contribution in [2.45, 2.75) is 19.9 Å². The minimum Gasteiger partial charge on any atom is -0.335 e. The first-order valence-electron chi connectivity index (χ1n) is 8.71. The van der Waals surface area contributed by atoms with Gasteiger partial charge in [0.15, 0.2) is 5.15 Å². The van der Waals surface area contributed by atoms with Crippen LogP contribution in [0.1, 0.15) is 30.2 Å². The highest BCUT2D eigenvalue weighted by Gasteiger charge is 2.12. The van der Waals surface area contributed by atoms with Crippen LogP contribution in [0.4, 0.5) is 0 Å². The summed E-state index contributed by atoms with van der Waals surface area (Å²) in [6.07, 6.45) is 5.94. The Balaban J connectivity index is 1.79. The van der Waals surface area contributed by atoms with Crippen LogP contribution >= 0.6 is 11.6 Å². The minimum absolute atomic E-state index is 0.0943. The fourth-order valence-corrected chi connectivity index (χ4v) is 3.07. The van der Waals surface area contributed by atoms with Crippen molar-refractivity contribution in [1.29, 1.82) is 5.26 Å². The molecule has 136 valence electrons. The van der Waals surface area contributed by atoms with Crippen LogP contribution in [0.25, 0.3) is 11.7 Å². The van der Waals surface area contributed by atoms with Crippen LogP contribution in [0.3, 0.4) is 0 Å². The number of hydrogen-bond donors (Lipinski definition) is 0. The lowest BCUT2D eigenvalue weighted by atomic mass is 10.1. The minimum atomic E-state index is -0.0943. The molecule has 0 fully saturated rings. The number of imidazole rings is 1. The molecule has 1 amide bonds. The van der Waals surface area contributed by atoms with Crippen molar-refractivity contribution < 1.29 is 4.79 Å². The second kappa shape index (κ2) is 8.52. The van der Waals surface area contributed by atoms with Crippen LogP contribution < -0.4 is 0 Å². The second-order valence-electron chi connectivity index (χ2n) is 6.12. The van der Waals surface area contributed by atoms with Crippen molar-refractivity contribution in [2.24, 2.45) is 0 Å². The molecule has 3 aromatic rings. The van der Waals surface area contributed by atoms with Crippen LogP contribution in [0.2, 0.25) is 5.15 Å². The Morgan fingerprint density at radius 2 is 2.07 bits per heavy atom. The highest BCUT2D eigenvalue weighted by Crippen LogP contribution is 2.19. The van der Waals surface area contributed by atoms with Crippen LogP contribution in [-0.4, -0.2) is 26.7 Å². The summed E-state index contributed by atoms with van der Waals surface area (Å²) in [5.74, 6) is -0.0943. The van der Waals surface area contributed by atoms with Gasteiger partial charge in [-0.2, -0.15) is 5.26 Å². The molecule has 0 bridgehead atoms. The monoisotopic (exact) mass is 378 g/mol. The van der Waals surface area contributed by atoms with Gasteiger partial charge in [-0.15, -0.1) is 0 Å². The molecule has 0 aliphatic heterocycles. The van der Waals surface area contributed by atoms with E-state index in [1.807, 2.05) is 47.9 Å². The molecule has 0 aliphatic rings. The van der Waals surface area contributed by atoms with E-state index in [2.05, 4.69) is 11.1 Å². The second-order valence-corrected chi connectivity index (χ2v) is 6.48. The molecule has 0 atom stereocenters. The molecule has 0 saturated carbocycles. The molecule has 3 rings (SSSR count). The molecule has 0 unspecified atom stereocenters. The Morgan fingerprint density at radius 1 is 1.30 bits per heavy atom. The number of carbonyl (C=O) groups is 1. The molecule has 2 aromatic heterocycles. The zero-order chi connectivity index (χ0) is 19.2. The third kappa shape index (κ3) is 4.36. The lowest BCUT2D eigenvalue weighted by Crippen LogP contribution is -2.29. The van der Waals surface area contributed by atoms with Gasteiger partial charge in [0.05, 0.1) is 17.3 Å². The summed E-state index contributed by atoms with van der Waals surface area (Å²) in [6, 6.07) is 15.0.